The van der Waals surface area contributed by atoms with Gasteiger partial charge in [-0.3, -0.25) is 9.69 Å². The molecule has 0 aliphatic carbocycles. The smallest absolute Gasteiger partial charge is 0.225 e. The third-order valence-corrected chi connectivity index (χ3v) is 4.45. The Balaban J connectivity index is 1.45. The number of anilines is 2. The van der Waals surface area contributed by atoms with Crippen LogP contribution in [0.25, 0.3) is 0 Å². The fraction of sp³-hybridized carbons (Fsp3) is 0.316. The first-order valence-corrected chi connectivity index (χ1v) is 8.49. The highest BCUT2D eigenvalue weighted by Gasteiger charge is 2.18. The summed E-state index contributed by atoms with van der Waals surface area (Å²) in [5.41, 5.74) is 0.567. The van der Waals surface area contributed by atoms with Gasteiger partial charge in [-0.05, 0) is 36.4 Å². The summed E-state index contributed by atoms with van der Waals surface area (Å²) < 4.78 is 40.1. The van der Waals surface area contributed by atoms with Gasteiger partial charge >= 0.3 is 0 Å². The summed E-state index contributed by atoms with van der Waals surface area (Å²) in [6.45, 7) is 3.58. The number of carbonyl (C=O) groups excluding carboxylic acids is 1. The largest absolute Gasteiger partial charge is 0.369 e. The van der Waals surface area contributed by atoms with Crippen molar-refractivity contribution in [3.05, 3.63) is 59.9 Å². The molecule has 0 saturated carbocycles. The van der Waals surface area contributed by atoms with Gasteiger partial charge in [0.2, 0.25) is 5.91 Å². The van der Waals surface area contributed by atoms with Gasteiger partial charge in [0, 0.05) is 44.8 Å². The van der Waals surface area contributed by atoms with Crippen LogP contribution < -0.4 is 10.2 Å². The molecular weight excluding hydrogens is 343 g/mol. The van der Waals surface area contributed by atoms with Crippen LogP contribution in [0.5, 0.6) is 0 Å². The first-order valence-electron chi connectivity index (χ1n) is 8.49. The molecular formula is C19H20F3N3O. The fourth-order valence-electron chi connectivity index (χ4n) is 2.96. The van der Waals surface area contributed by atoms with Crippen molar-refractivity contribution in [3.8, 4) is 0 Å². The minimum atomic E-state index is -0.786. The Bertz CT molecular complexity index is 739. The second-order valence-corrected chi connectivity index (χ2v) is 6.20. The predicted molar refractivity (Wildman–Crippen MR) is 94.7 cm³/mol. The maximum atomic E-state index is 13.5. The molecule has 1 fully saturated rings. The van der Waals surface area contributed by atoms with E-state index in [1.807, 2.05) is 0 Å². The predicted octanol–water partition coefficient (Wildman–Crippen LogP) is 3.25. The highest BCUT2D eigenvalue weighted by Crippen LogP contribution is 2.19. The number of benzene rings is 2. The van der Waals surface area contributed by atoms with E-state index in [1.54, 1.807) is 12.1 Å². The number of nitrogens with zero attached hydrogens (tertiary/aromatic N) is 2. The van der Waals surface area contributed by atoms with E-state index in [4.69, 9.17) is 0 Å². The van der Waals surface area contributed by atoms with Crippen molar-refractivity contribution >= 4 is 17.3 Å². The van der Waals surface area contributed by atoms with E-state index in [0.29, 0.717) is 6.54 Å². The Kier molecular flexibility index (Phi) is 5.78. The van der Waals surface area contributed by atoms with E-state index in [-0.39, 0.29) is 12.2 Å². The number of piperazine rings is 1. The summed E-state index contributed by atoms with van der Waals surface area (Å²) in [6, 6.07) is 9.84. The summed E-state index contributed by atoms with van der Waals surface area (Å²) in [5.74, 6) is -2.25. The molecule has 1 heterocycles. The van der Waals surface area contributed by atoms with E-state index in [9.17, 15) is 18.0 Å². The van der Waals surface area contributed by atoms with Crippen molar-refractivity contribution in [2.45, 2.75) is 6.42 Å². The average molecular weight is 363 g/mol. The zero-order valence-corrected chi connectivity index (χ0v) is 14.2. The highest BCUT2D eigenvalue weighted by molar-refractivity contribution is 5.91. The molecule has 0 unspecified atom stereocenters. The molecule has 1 amide bonds. The Morgan fingerprint density at radius 3 is 2.15 bits per heavy atom. The molecule has 2 aromatic rings. The molecule has 1 N–H and O–H groups in total. The number of hydrogen-bond donors (Lipinski definition) is 1. The number of carbonyl (C=O) groups is 1. The minimum absolute atomic E-state index is 0.157. The summed E-state index contributed by atoms with van der Waals surface area (Å²) in [6.07, 6.45) is 0.157. The lowest BCUT2D eigenvalue weighted by atomic mass is 10.2. The van der Waals surface area contributed by atoms with Crippen molar-refractivity contribution in [2.24, 2.45) is 0 Å². The van der Waals surface area contributed by atoms with Gasteiger partial charge in [-0.25, -0.2) is 13.2 Å². The molecule has 1 aliphatic heterocycles. The number of amides is 1. The van der Waals surface area contributed by atoms with Crippen molar-refractivity contribution in [2.75, 3.05) is 42.9 Å². The first-order chi connectivity index (χ1) is 12.5. The maximum Gasteiger partial charge on any atom is 0.225 e. The second kappa shape index (κ2) is 8.23. The lowest BCUT2D eigenvalue weighted by molar-refractivity contribution is -0.116. The molecule has 1 saturated heterocycles. The lowest BCUT2D eigenvalue weighted by Gasteiger charge is -2.36. The van der Waals surface area contributed by atoms with Crippen LogP contribution >= 0.6 is 0 Å². The molecule has 138 valence electrons. The van der Waals surface area contributed by atoms with Gasteiger partial charge in [0.05, 0.1) is 0 Å². The average Bonchev–Trinajstić information content (AvgIpc) is 2.64. The van der Waals surface area contributed by atoms with Crippen LogP contribution in [-0.2, 0) is 4.79 Å². The Hall–Kier alpha value is -2.54. The van der Waals surface area contributed by atoms with Gasteiger partial charge in [-0.1, -0.05) is 6.07 Å². The summed E-state index contributed by atoms with van der Waals surface area (Å²) in [5, 5.41) is 2.30. The highest BCUT2D eigenvalue weighted by atomic mass is 19.1. The van der Waals surface area contributed by atoms with Crippen LogP contribution in [0.15, 0.2) is 42.5 Å². The molecule has 4 nitrogen and oxygen atoms in total. The third-order valence-electron chi connectivity index (χ3n) is 4.45. The molecule has 0 aromatic heterocycles. The Morgan fingerprint density at radius 2 is 1.54 bits per heavy atom. The Labute approximate surface area is 150 Å². The molecule has 26 heavy (non-hydrogen) atoms. The normalized spacial score (nSPS) is 15.1. The standard InChI is InChI=1S/C19H20F3N3O/c20-14-4-6-15(7-5-14)25-12-10-24(11-13-25)9-8-18(26)23-19-16(21)2-1-3-17(19)22/h1-7H,8-13H2,(H,23,26). The van der Waals surface area contributed by atoms with E-state index in [1.165, 1.54) is 18.2 Å². The van der Waals surface area contributed by atoms with Gasteiger partial charge in [-0.2, -0.15) is 0 Å². The number of para-hydroxylation sites is 1. The van der Waals surface area contributed by atoms with Crippen molar-refractivity contribution < 1.29 is 18.0 Å². The molecule has 0 radical (unpaired) electrons. The monoisotopic (exact) mass is 363 g/mol. The van der Waals surface area contributed by atoms with Crippen LogP contribution in [0.2, 0.25) is 0 Å². The van der Waals surface area contributed by atoms with E-state index < -0.39 is 23.2 Å². The second-order valence-electron chi connectivity index (χ2n) is 6.20. The van der Waals surface area contributed by atoms with Crippen LogP contribution in [0.3, 0.4) is 0 Å². The molecule has 3 rings (SSSR count). The van der Waals surface area contributed by atoms with Gasteiger partial charge in [0.25, 0.3) is 0 Å². The van der Waals surface area contributed by atoms with E-state index in [0.717, 1.165) is 44.0 Å². The van der Waals surface area contributed by atoms with Crippen LogP contribution in [0.4, 0.5) is 24.5 Å². The third kappa shape index (κ3) is 4.54. The maximum absolute atomic E-state index is 13.5. The van der Waals surface area contributed by atoms with Crippen molar-refractivity contribution in [1.29, 1.82) is 0 Å². The number of rotatable bonds is 5. The van der Waals surface area contributed by atoms with Crippen LogP contribution in [-0.4, -0.2) is 43.5 Å². The fourth-order valence-corrected chi connectivity index (χ4v) is 2.96. The quantitative estimate of drug-likeness (QED) is 0.886. The van der Waals surface area contributed by atoms with Gasteiger partial charge < -0.3 is 10.2 Å². The van der Waals surface area contributed by atoms with Crippen molar-refractivity contribution in [3.63, 3.8) is 0 Å². The van der Waals surface area contributed by atoms with Crippen LogP contribution in [0.1, 0.15) is 6.42 Å². The topological polar surface area (TPSA) is 35.6 Å². The summed E-state index contributed by atoms with van der Waals surface area (Å²) in [4.78, 5) is 16.2. The van der Waals surface area contributed by atoms with Crippen LogP contribution in [0, 0.1) is 17.5 Å². The summed E-state index contributed by atoms with van der Waals surface area (Å²) in [7, 11) is 0. The number of nitrogens with one attached hydrogen (secondary N) is 1. The number of hydrogen-bond acceptors (Lipinski definition) is 3. The molecule has 1 aliphatic rings. The minimum Gasteiger partial charge on any atom is -0.369 e. The molecule has 0 spiro atoms. The lowest BCUT2D eigenvalue weighted by Crippen LogP contribution is -2.47. The molecule has 0 atom stereocenters. The van der Waals surface area contributed by atoms with Gasteiger partial charge in [0.1, 0.15) is 23.1 Å². The zero-order valence-electron chi connectivity index (χ0n) is 14.2. The summed E-state index contributed by atoms with van der Waals surface area (Å²) >= 11 is 0. The van der Waals surface area contributed by atoms with E-state index >= 15 is 0 Å². The van der Waals surface area contributed by atoms with Crippen molar-refractivity contribution in [1.82, 2.24) is 4.90 Å². The molecule has 0 bridgehead atoms. The molecule has 2 aromatic carbocycles. The molecule has 7 heteroatoms. The van der Waals surface area contributed by atoms with Gasteiger partial charge in [-0.15, -0.1) is 0 Å². The first kappa shape index (κ1) is 18.3. The zero-order chi connectivity index (χ0) is 18.5. The number of halogens is 3. The SMILES string of the molecule is O=C(CCN1CCN(c2ccc(F)cc2)CC1)Nc1c(F)cccc1F. The Morgan fingerprint density at radius 1 is 0.923 bits per heavy atom. The van der Waals surface area contributed by atoms with Gasteiger partial charge in [0.15, 0.2) is 0 Å². The van der Waals surface area contributed by atoms with E-state index in [2.05, 4.69) is 15.1 Å².